The Balaban J connectivity index is 2.48. The number of carbonyl (C=O) groups is 3. The van der Waals surface area contributed by atoms with E-state index < -0.39 is 35.0 Å². The van der Waals surface area contributed by atoms with E-state index in [4.69, 9.17) is 9.47 Å². The Morgan fingerprint density at radius 1 is 1.19 bits per heavy atom. The summed E-state index contributed by atoms with van der Waals surface area (Å²) in [5, 5.41) is 12.3. The minimum Gasteiger partial charge on any atom is -0.548 e. The van der Waals surface area contributed by atoms with Crippen LogP contribution in [0.4, 0.5) is 0 Å². The van der Waals surface area contributed by atoms with Crippen molar-refractivity contribution in [3.05, 3.63) is 23.8 Å². The number of ketones is 1. The van der Waals surface area contributed by atoms with Crippen LogP contribution in [0.3, 0.4) is 0 Å². The first-order valence-corrected chi connectivity index (χ1v) is 10.9. The fraction of sp³-hybridized carbons (Fsp3) is 0.625. The zero-order valence-corrected chi connectivity index (χ0v) is 19.4. The van der Waals surface area contributed by atoms with Gasteiger partial charge in [-0.15, -0.1) is 0 Å². The molecule has 0 aliphatic carbocycles. The second kappa shape index (κ2) is 10.2. The Kier molecular flexibility index (Phi) is 8.09. The van der Waals surface area contributed by atoms with Gasteiger partial charge in [0.25, 0.3) is 5.91 Å². The van der Waals surface area contributed by atoms with Gasteiger partial charge in [0.05, 0.1) is 26.2 Å². The first kappa shape index (κ1) is 24.7. The summed E-state index contributed by atoms with van der Waals surface area (Å²) in [5.74, 6) is -1.98. The lowest BCUT2D eigenvalue weighted by Crippen LogP contribution is -2.60. The third-order valence-electron chi connectivity index (χ3n) is 6.67. The number of ether oxygens (including phenoxy) is 2. The van der Waals surface area contributed by atoms with Gasteiger partial charge in [0, 0.05) is 17.5 Å². The van der Waals surface area contributed by atoms with Gasteiger partial charge in [-0.05, 0) is 55.7 Å². The van der Waals surface area contributed by atoms with E-state index in [1.165, 1.54) is 4.90 Å². The number of carbonyl (C=O) groups excluding carboxylic acids is 3. The molecule has 0 aromatic heterocycles. The van der Waals surface area contributed by atoms with Crippen molar-refractivity contribution in [2.45, 2.75) is 65.3 Å². The highest BCUT2D eigenvalue weighted by atomic mass is 16.5. The van der Waals surface area contributed by atoms with E-state index in [0.29, 0.717) is 37.2 Å². The second-order valence-corrected chi connectivity index (χ2v) is 8.76. The van der Waals surface area contributed by atoms with Crippen LogP contribution in [0.5, 0.6) is 11.5 Å². The lowest BCUT2D eigenvalue weighted by molar-refractivity contribution is -0.314. The number of piperidine rings is 1. The second-order valence-electron chi connectivity index (χ2n) is 8.76. The number of carboxylic acid groups (broad SMARTS) is 1. The quantitative estimate of drug-likeness (QED) is 0.557. The van der Waals surface area contributed by atoms with E-state index in [1.807, 2.05) is 19.9 Å². The Bertz CT molecular complexity index is 818. The molecule has 0 saturated carbocycles. The molecule has 0 spiro atoms. The van der Waals surface area contributed by atoms with Gasteiger partial charge in [-0.1, -0.05) is 27.7 Å². The molecule has 0 radical (unpaired) electrons. The van der Waals surface area contributed by atoms with Crippen LogP contribution in [0.25, 0.3) is 0 Å². The average Bonchev–Trinajstić information content (AvgIpc) is 2.78. The molecule has 3 atom stereocenters. The maximum atomic E-state index is 13.1. The van der Waals surface area contributed by atoms with E-state index in [1.54, 1.807) is 40.2 Å². The van der Waals surface area contributed by atoms with Crippen LogP contribution in [-0.4, -0.2) is 49.4 Å². The van der Waals surface area contributed by atoms with Crippen LogP contribution in [0.15, 0.2) is 18.2 Å². The Hall–Kier alpha value is -2.57. The number of aliphatic carboxylic acids is 1. The molecule has 172 valence electrons. The van der Waals surface area contributed by atoms with Crippen molar-refractivity contribution in [3.8, 4) is 11.5 Å². The largest absolute Gasteiger partial charge is 0.548 e. The lowest BCUT2D eigenvalue weighted by Gasteiger charge is -2.45. The Labute approximate surface area is 184 Å². The molecule has 31 heavy (non-hydrogen) atoms. The molecule has 0 N–H and O–H groups in total. The summed E-state index contributed by atoms with van der Waals surface area (Å²) in [4.78, 5) is 39.4. The molecule has 7 heteroatoms. The predicted octanol–water partition coefficient (Wildman–Crippen LogP) is 2.56. The summed E-state index contributed by atoms with van der Waals surface area (Å²) in [6.45, 7) is 7.45. The number of hydrogen-bond acceptors (Lipinski definition) is 6. The van der Waals surface area contributed by atoms with Gasteiger partial charge < -0.3 is 24.3 Å². The van der Waals surface area contributed by atoms with Crippen molar-refractivity contribution in [2.24, 2.45) is 11.3 Å². The van der Waals surface area contributed by atoms with Gasteiger partial charge in [0.15, 0.2) is 0 Å². The number of carboxylic acids is 1. The maximum absolute atomic E-state index is 13.1. The molecule has 1 aromatic carbocycles. The number of rotatable bonds is 9. The number of methoxy groups -OCH3 is 2. The first-order valence-electron chi connectivity index (χ1n) is 10.9. The zero-order chi connectivity index (χ0) is 23.3. The number of Topliss-reactive ketones (excluding diaryl/α,β-unsaturated/α-hetero) is 1. The van der Waals surface area contributed by atoms with Gasteiger partial charge in [0.1, 0.15) is 11.5 Å². The fourth-order valence-corrected chi connectivity index (χ4v) is 4.44. The standard InChI is InChI=1S/C24H35NO6/c1-7-16(18-14-15(30-5)11-12-19(18)31-6)17-10-9-13-25(20(17)23(28)29)22(27)21(26)24(3,4)8-2/h11-12,14,16-17,20H,7-10,13H2,1-6H3,(H,28,29)/p-1. The predicted molar refractivity (Wildman–Crippen MR) is 115 cm³/mol. The monoisotopic (exact) mass is 432 g/mol. The normalized spacial score (nSPS) is 20.1. The number of hydrogen-bond donors (Lipinski definition) is 0. The molecule has 1 aliphatic rings. The van der Waals surface area contributed by atoms with Gasteiger partial charge in [-0.2, -0.15) is 0 Å². The molecule has 3 unspecified atom stereocenters. The van der Waals surface area contributed by atoms with Crippen molar-refractivity contribution >= 4 is 17.7 Å². The van der Waals surface area contributed by atoms with E-state index in [0.717, 1.165) is 5.56 Å². The summed E-state index contributed by atoms with van der Waals surface area (Å²) in [6, 6.07) is 4.25. The number of likely N-dealkylation sites (tertiary alicyclic amines) is 1. The van der Waals surface area contributed by atoms with Gasteiger partial charge in [0.2, 0.25) is 5.78 Å². The summed E-state index contributed by atoms with van der Waals surface area (Å²) in [7, 11) is 3.13. The average molecular weight is 433 g/mol. The first-order chi connectivity index (χ1) is 14.6. The third-order valence-corrected chi connectivity index (χ3v) is 6.67. The molecule has 7 nitrogen and oxygen atoms in total. The number of nitrogens with zero attached hydrogens (tertiary/aromatic N) is 1. The van der Waals surface area contributed by atoms with E-state index in [9.17, 15) is 19.5 Å². The van der Waals surface area contributed by atoms with Crippen molar-refractivity contribution < 1.29 is 29.0 Å². The van der Waals surface area contributed by atoms with Crippen molar-refractivity contribution in [1.82, 2.24) is 4.90 Å². The Morgan fingerprint density at radius 2 is 1.87 bits per heavy atom. The van der Waals surface area contributed by atoms with Gasteiger partial charge in [-0.3, -0.25) is 9.59 Å². The summed E-state index contributed by atoms with van der Waals surface area (Å²) in [6.07, 6.45) is 2.34. The van der Waals surface area contributed by atoms with Gasteiger partial charge >= 0.3 is 0 Å². The highest BCUT2D eigenvalue weighted by Gasteiger charge is 2.44. The molecule has 1 aromatic rings. The lowest BCUT2D eigenvalue weighted by atomic mass is 9.74. The molecule has 1 aliphatic heterocycles. The van der Waals surface area contributed by atoms with Crippen LogP contribution in [0, 0.1) is 11.3 Å². The third kappa shape index (κ3) is 5.02. The Morgan fingerprint density at radius 3 is 2.39 bits per heavy atom. The van der Waals surface area contributed by atoms with Crippen molar-refractivity contribution in [2.75, 3.05) is 20.8 Å². The molecule has 0 bridgehead atoms. The number of amides is 1. The minimum atomic E-state index is -1.33. The van der Waals surface area contributed by atoms with E-state index in [2.05, 4.69) is 0 Å². The maximum Gasteiger partial charge on any atom is 0.291 e. The molecule has 1 amide bonds. The highest BCUT2D eigenvalue weighted by Crippen LogP contribution is 2.43. The summed E-state index contributed by atoms with van der Waals surface area (Å²) >= 11 is 0. The summed E-state index contributed by atoms with van der Waals surface area (Å²) < 4.78 is 10.9. The smallest absolute Gasteiger partial charge is 0.291 e. The molecular formula is C24H34NO6-. The highest BCUT2D eigenvalue weighted by molar-refractivity contribution is 6.38. The number of benzene rings is 1. The topological polar surface area (TPSA) is 96.0 Å². The van der Waals surface area contributed by atoms with Crippen LogP contribution in [-0.2, 0) is 14.4 Å². The van der Waals surface area contributed by atoms with Crippen molar-refractivity contribution in [3.63, 3.8) is 0 Å². The minimum absolute atomic E-state index is 0.210. The molecule has 1 saturated heterocycles. The molecular weight excluding hydrogens is 398 g/mol. The van der Waals surface area contributed by atoms with Crippen LogP contribution >= 0.6 is 0 Å². The molecule has 1 heterocycles. The SMILES string of the molecule is CCC(c1cc(OC)ccc1OC)C1CCCN(C(=O)C(=O)C(C)(C)CC)C1C(=O)[O-]. The van der Waals surface area contributed by atoms with Crippen LogP contribution in [0.1, 0.15) is 64.9 Å². The molecule has 2 rings (SSSR count). The van der Waals surface area contributed by atoms with E-state index >= 15 is 0 Å². The summed E-state index contributed by atoms with van der Waals surface area (Å²) in [5.41, 5.74) is -0.0177. The van der Waals surface area contributed by atoms with Crippen LogP contribution in [0.2, 0.25) is 0 Å². The zero-order valence-electron chi connectivity index (χ0n) is 19.4. The van der Waals surface area contributed by atoms with Crippen LogP contribution < -0.4 is 14.6 Å². The van der Waals surface area contributed by atoms with Gasteiger partial charge in [-0.25, -0.2) is 0 Å². The molecule has 1 fully saturated rings. The fourth-order valence-electron chi connectivity index (χ4n) is 4.44. The van der Waals surface area contributed by atoms with Crippen molar-refractivity contribution in [1.29, 1.82) is 0 Å². The van der Waals surface area contributed by atoms with E-state index in [-0.39, 0.29) is 12.5 Å².